The van der Waals surface area contributed by atoms with Crippen molar-refractivity contribution in [3.05, 3.63) is 28.5 Å². The molecule has 0 aliphatic rings. The van der Waals surface area contributed by atoms with Crippen LogP contribution in [0.25, 0.3) is 0 Å². The van der Waals surface area contributed by atoms with Crippen LogP contribution in [0.5, 0.6) is 5.75 Å². The molecule has 3 nitrogen and oxygen atoms in total. The molecule has 0 bridgehead atoms. The van der Waals surface area contributed by atoms with Crippen molar-refractivity contribution >= 4 is 21.8 Å². The first-order valence-corrected chi connectivity index (χ1v) is 5.73. The second-order valence-electron chi connectivity index (χ2n) is 3.23. The van der Waals surface area contributed by atoms with Crippen LogP contribution in [0.1, 0.15) is 13.8 Å². The molecule has 5 heteroatoms. The highest BCUT2D eigenvalue weighted by Gasteiger charge is 2.15. The van der Waals surface area contributed by atoms with Gasteiger partial charge in [-0.1, -0.05) is 0 Å². The van der Waals surface area contributed by atoms with Crippen LogP contribution in [-0.4, -0.2) is 18.6 Å². The van der Waals surface area contributed by atoms with Gasteiger partial charge in [0.05, 0.1) is 4.47 Å². The summed E-state index contributed by atoms with van der Waals surface area (Å²) >= 11 is 3.22. The van der Waals surface area contributed by atoms with E-state index in [0.717, 1.165) is 0 Å². The first-order chi connectivity index (χ1) is 7.54. The lowest BCUT2D eigenvalue weighted by molar-refractivity contribution is -0.127. The van der Waals surface area contributed by atoms with E-state index in [1.165, 1.54) is 18.2 Å². The number of amides is 1. The van der Waals surface area contributed by atoms with Gasteiger partial charge in [0, 0.05) is 12.6 Å². The Morgan fingerprint density at radius 3 is 2.94 bits per heavy atom. The molecular weight excluding hydrogens is 277 g/mol. The lowest BCUT2D eigenvalue weighted by Gasteiger charge is -2.15. The molecule has 1 unspecified atom stereocenters. The van der Waals surface area contributed by atoms with E-state index in [1.807, 2.05) is 6.92 Å². The van der Waals surface area contributed by atoms with Gasteiger partial charge < -0.3 is 10.1 Å². The van der Waals surface area contributed by atoms with E-state index in [2.05, 4.69) is 21.2 Å². The number of halogens is 2. The van der Waals surface area contributed by atoms with Gasteiger partial charge in [-0.2, -0.15) is 0 Å². The lowest BCUT2D eigenvalue weighted by atomic mass is 10.3. The minimum absolute atomic E-state index is 0.223. The number of benzene rings is 1. The maximum atomic E-state index is 12.9. The van der Waals surface area contributed by atoms with Crippen LogP contribution < -0.4 is 10.1 Å². The molecule has 0 aliphatic carbocycles. The van der Waals surface area contributed by atoms with E-state index in [1.54, 1.807) is 6.92 Å². The van der Waals surface area contributed by atoms with Gasteiger partial charge in [0.15, 0.2) is 6.10 Å². The first kappa shape index (κ1) is 13.0. The maximum absolute atomic E-state index is 12.9. The number of rotatable bonds is 4. The molecule has 0 heterocycles. The van der Waals surface area contributed by atoms with Crippen molar-refractivity contribution < 1.29 is 13.9 Å². The highest BCUT2D eigenvalue weighted by Crippen LogP contribution is 2.26. The summed E-state index contributed by atoms with van der Waals surface area (Å²) in [5.74, 6) is -0.307. The van der Waals surface area contributed by atoms with Crippen LogP contribution in [0.4, 0.5) is 4.39 Å². The summed E-state index contributed by atoms with van der Waals surface area (Å²) in [4.78, 5) is 11.4. The van der Waals surface area contributed by atoms with Crippen LogP contribution in [0, 0.1) is 5.82 Å². The van der Waals surface area contributed by atoms with E-state index in [0.29, 0.717) is 16.8 Å². The summed E-state index contributed by atoms with van der Waals surface area (Å²) in [5.41, 5.74) is 0. The fourth-order valence-corrected chi connectivity index (χ4v) is 1.47. The quantitative estimate of drug-likeness (QED) is 0.925. The minimum Gasteiger partial charge on any atom is -0.480 e. The SMILES string of the molecule is CCNC(=O)C(C)Oc1cc(F)ccc1Br. The molecule has 1 N–H and O–H groups in total. The molecule has 0 aromatic heterocycles. The highest BCUT2D eigenvalue weighted by atomic mass is 79.9. The van der Waals surface area contributed by atoms with E-state index in [9.17, 15) is 9.18 Å². The van der Waals surface area contributed by atoms with Gasteiger partial charge in [0.1, 0.15) is 11.6 Å². The van der Waals surface area contributed by atoms with Gasteiger partial charge in [-0.15, -0.1) is 0 Å². The molecule has 0 aliphatic heterocycles. The minimum atomic E-state index is -0.655. The average Bonchev–Trinajstić information content (AvgIpc) is 2.23. The van der Waals surface area contributed by atoms with Gasteiger partial charge in [0.25, 0.3) is 5.91 Å². The van der Waals surface area contributed by atoms with Gasteiger partial charge in [-0.05, 0) is 41.9 Å². The zero-order valence-electron chi connectivity index (χ0n) is 9.09. The van der Waals surface area contributed by atoms with Crippen LogP contribution >= 0.6 is 15.9 Å². The zero-order chi connectivity index (χ0) is 12.1. The van der Waals surface area contributed by atoms with E-state index in [-0.39, 0.29) is 5.91 Å². The van der Waals surface area contributed by atoms with Crippen molar-refractivity contribution in [2.24, 2.45) is 0 Å². The van der Waals surface area contributed by atoms with Gasteiger partial charge in [-0.25, -0.2) is 4.39 Å². The summed E-state index contributed by atoms with van der Waals surface area (Å²) < 4.78 is 18.9. The van der Waals surface area contributed by atoms with Crippen LogP contribution in [0.2, 0.25) is 0 Å². The number of hydrogen-bond donors (Lipinski definition) is 1. The molecule has 88 valence electrons. The summed E-state index contributed by atoms with van der Waals surface area (Å²) in [7, 11) is 0. The fraction of sp³-hybridized carbons (Fsp3) is 0.364. The van der Waals surface area contributed by atoms with Crippen molar-refractivity contribution in [2.45, 2.75) is 20.0 Å². The van der Waals surface area contributed by atoms with Crippen molar-refractivity contribution in [1.82, 2.24) is 5.32 Å². The maximum Gasteiger partial charge on any atom is 0.260 e. The smallest absolute Gasteiger partial charge is 0.260 e. The molecule has 1 rings (SSSR count). The molecule has 1 amide bonds. The Hall–Kier alpha value is -1.10. The van der Waals surface area contributed by atoms with Crippen LogP contribution in [0.3, 0.4) is 0 Å². The second-order valence-corrected chi connectivity index (χ2v) is 4.08. The molecule has 0 fully saturated rings. The summed E-state index contributed by atoms with van der Waals surface area (Å²) in [5, 5.41) is 2.63. The normalized spacial score (nSPS) is 12.0. The molecule has 0 saturated carbocycles. The van der Waals surface area contributed by atoms with Crippen LogP contribution in [0.15, 0.2) is 22.7 Å². The Morgan fingerprint density at radius 1 is 1.62 bits per heavy atom. The number of ether oxygens (including phenoxy) is 1. The van der Waals surface area contributed by atoms with Crippen molar-refractivity contribution in [3.63, 3.8) is 0 Å². The van der Waals surface area contributed by atoms with Crippen molar-refractivity contribution in [2.75, 3.05) is 6.54 Å². The summed E-state index contributed by atoms with van der Waals surface area (Å²) in [6.45, 7) is 3.97. The highest BCUT2D eigenvalue weighted by molar-refractivity contribution is 9.10. The fourth-order valence-electron chi connectivity index (χ4n) is 1.13. The van der Waals surface area contributed by atoms with Gasteiger partial charge in [0.2, 0.25) is 0 Å². The van der Waals surface area contributed by atoms with E-state index in [4.69, 9.17) is 4.74 Å². The molecule has 16 heavy (non-hydrogen) atoms. The lowest BCUT2D eigenvalue weighted by Crippen LogP contribution is -2.36. The first-order valence-electron chi connectivity index (χ1n) is 4.94. The number of likely N-dealkylation sites (N-methyl/N-ethyl adjacent to an activating group) is 1. The summed E-state index contributed by atoms with van der Waals surface area (Å²) in [6, 6.07) is 4.09. The third-order valence-corrected chi connectivity index (χ3v) is 2.57. The Balaban J connectivity index is 2.72. The number of nitrogens with one attached hydrogen (secondary N) is 1. The number of carbonyl (C=O) groups excluding carboxylic acids is 1. The summed E-state index contributed by atoms with van der Waals surface area (Å²) in [6.07, 6.45) is -0.655. The van der Waals surface area contributed by atoms with Gasteiger partial charge in [-0.3, -0.25) is 4.79 Å². The van der Waals surface area contributed by atoms with Crippen molar-refractivity contribution in [1.29, 1.82) is 0 Å². The Kier molecular flexibility index (Phi) is 4.73. The van der Waals surface area contributed by atoms with E-state index < -0.39 is 11.9 Å². The van der Waals surface area contributed by atoms with Crippen molar-refractivity contribution in [3.8, 4) is 5.75 Å². The monoisotopic (exact) mass is 289 g/mol. The molecule has 0 saturated heterocycles. The van der Waals surface area contributed by atoms with Crippen LogP contribution in [-0.2, 0) is 4.79 Å². The largest absolute Gasteiger partial charge is 0.480 e. The Labute approximate surface area is 102 Å². The third-order valence-electron chi connectivity index (χ3n) is 1.92. The Morgan fingerprint density at radius 2 is 2.31 bits per heavy atom. The zero-order valence-corrected chi connectivity index (χ0v) is 10.7. The number of hydrogen-bond acceptors (Lipinski definition) is 2. The molecule has 0 spiro atoms. The van der Waals surface area contributed by atoms with Gasteiger partial charge >= 0.3 is 0 Å². The molecule has 0 radical (unpaired) electrons. The Bertz CT molecular complexity index is 384. The molecule has 1 atom stereocenters. The number of carbonyl (C=O) groups is 1. The predicted molar refractivity (Wildman–Crippen MR) is 62.9 cm³/mol. The molecular formula is C11H13BrFNO2. The van der Waals surface area contributed by atoms with E-state index >= 15 is 0 Å². The molecule has 1 aromatic carbocycles. The standard InChI is InChI=1S/C11H13BrFNO2/c1-3-14-11(15)7(2)16-10-6-8(13)4-5-9(10)12/h4-7H,3H2,1-2H3,(H,14,15). The second kappa shape index (κ2) is 5.84. The average molecular weight is 290 g/mol. The molecule has 1 aromatic rings. The third kappa shape index (κ3) is 3.48. The predicted octanol–water partition coefficient (Wildman–Crippen LogP) is 2.49. The topological polar surface area (TPSA) is 38.3 Å².